The zero-order chi connectivity index (χ0) is 13.5. The van der Waals surface area contributed by atoms with Crippen LogP contribution in [0.5, 0.6) is 11.5 Å². The molecule has 0 radical (unpaired) electrons. The Kier molecular flexibility index (Phi) is 3.04. The minimum Gasteiger partial charge on any atom is -0.493 e. The van der Waals surface area contributed by atoms with E-state index in [9.17, 15) is 0 Å². The van der Waals surface area contributed by atoms with E-state index < -0.39 is 0 Å². The van der Waals surface area contributed by atoms with Crippen molar-refractivity contribution >= 4 is 0 Å². The van der Waals surface area contributed by atoms with E-state index in [1.54, 1.807) is 7.11 Å². The maximum Gasteiger partial charge on any atom is 0.168 e. The Morgan fingerprint density at radius 2 is 1.89 bits per heavy atom. The molecule has 102 valence electrons. The highest BCUT2D eigenvalue weighted by Crippen LogP contribution is 2.58. The number of ether oxygens (including phenoxy) is 2. The highest BCUT2D eigenvalue weighted by Gasteiger charge is 2.49. The third kappa shape index (κ3) is 2.03. The van der Waals surface area contributed by atoms with E-state index in [4.69, 9.17) is 9.47 Å². The van der Waals surface area contributed by atoms with Crippen LogP contribution in [0, 0.1) is 17.3 Å². The van der Waals surface area contributed by atoms with Gasteiger partial charge in [-0.05, 0) is 54.2 Å². The number of hydrogen-bond donors (Lipinski definition) is 0. The number of methoxy groups -OCH3 is 1. The lowest BCUT2D eigenvalue weighted by Gasteiger charge is -2.32. The van der Waals surface area contributed by atoms with Gasteiger partial charge in [-0.15, -0.1) is 0 Å². The van der Waals surface area contributed by atoms with Crippen LogP contribution >= 0.6 is 0 Å². The van der Waals surface area contributed by atoms with Crippen molar-refractivity contribution in [2.45, 2.75) is 33.1 Å². The Balaban J connectivity index is 1.83. The summed E-state index contributed by atoms with van der Waals surface area (Å²) in [5.41, 5.74) is 1.78. The summed E-state index contributed by atoms with van der Waals surface area (Å²) in [4.78, 5) is 0. The van der Waals surface area contributed by atoms with E-state index in [0.29, 0.717) is 5.41 Å². The third-order valence-electron chi connectivity index (χ3n) is 5.02. The predicted molar refractivity (Wildman–Crippen MR) is 76.3 cm³/mol. The minimum absolute atomic E-state index is 0.297. The van der Waals surface area contributed by atoms with Gasteiger partial charge in [0.05, 0.1) is 13.4 Å². The van der Waals surface area contributed by atoms with Crippen molar-refractivity contribution in [2.24, 2.45) is 17.3 Å². The molecule has 0 aromatic heterocycles. The predicted octanol–water partition coefficient (Wildman–Crippen LogP) is 4.41. The average molecular weight is 258 g/mol. The summed E-state index contributed by atoms with van der Waals surface area (Å²) in [6, 6.07) is 7.82. The van der Waals surface area contributed by atoms with Gasteiger partial charge in [-0.2, -0.15) is 0 Å². The number of para-hydroxylation sites is 2. The molecule has 3 rings (SSSR count). The van der Waals surface area contributed by atoms with Gasteiger partial charge in [-0.1, -0.05) is 26.0 Å². The molecule has 0 amide bonds. The zero-order valence-corrected chi connectivity index (χ0v) is 12.0. The first kappa shape index (κ1) is 12.6. The fraction of sp³-hybridized carbons (Fsp3) is 0.529. The molecule has 0 saturated heterocycles. The second-order valence-electron chi connectivity index (χ2n) is 6.27. The molecule has 0 aliphatic heterocycles. The molecule has 2 aliphatic rings. The van der Waals surface area contributed by atoms with Gasteiger partial charge in [-0.3, -0.25) is 0 Å². The van der Waals surface area contributed by atoms with Crippen LogP contribution in [0.2, 0.25) is 0 Å². The van der Waals surface area contributed by atoms with E-state index >= 15 is 0 Å². The monoisotopic (exact) mass is 258 g/mol. The summed E-state index contributed by atoms with van der Waals surface area (Å²) in [6.07, 6.45) is 6.04. The lowest BCUT2D eigenvalue weighted by molar-refractivity contribution is 0.277. The topological polar surface area (TPSA) is 18.5 Å². The molecule has 0 heterocycles. The Morgan fingerprint density at radius 3 is 2.53 bits per heavy atom. The van der Waals surface area contributed by atoms with Crippen molar-refractivity contribution in [3.8, 4) is 11.5 Å². The van der Waals surface area contributed by atoms with Crippen LogP contribution in [-0.4, -0.2) is 7.11 Å². The molecule has 1 aromatic rings. The highest BCUT2D eigenvalue weighted by atomic mass is 16.5. The summed E-state index contributed by atoms with van der Waals surface area (Å²) in [5, 5.41) is 0. The van der Waals surface area contributed by atoms with Crippen molar-refractivity contribution < 1.29 is 9.47 Å². The molecule has 0 N–H and O–H groups in total. The van der Waals surface area contributed by atoms with Gasteiger partial charge >= 0.3 is 0 Å². The highest BCUT2D eigenvalue weighted by molar-refractivity contribution is 5.40. The average Bonchev–Trinajstić information content (AvgIpc) is 2.96. The van der Waals surface area contributed by atoms with Gasteiger partial charge in [0.2, 0.25) is 0 Å². The van der Waals surface area contributed by atoms with E-state index in [0.717, 1.165) is 23.3 Å². The van der Waals surface area contributed by atoms with Gasteiger partial charge in [0.1, 0.15) is 0 Å². The quantitative estimate of drug-likeness (QED) is 0.747. The Labute approximate surface area is 115 Å². The van der Waals surface area contributed by atoms with Gasteiger partial charge in [0, 0.05) is 0 Å². The van der Waals surface area contributed by atoms with Crippen LogP contribution < -0.4 is 9.47 Å². The molecule has 2 aliphatic carbocycles. The van der Waals surface area contributed by atoms with E-state index in [2.05, 4.69) is 13.8 Å². The molecule has 2 atom stereocenters. The van der Waals surface area contributed by atoms with E-state index in [1.165, 1.54) is 24.8 Å². The van der Waals surface area contributed by atoms with Crippen molar-refractivity contribution in [3.05, 3.63) is 36.1 Å². The minimum atomic E-state index is 0.297. The van der Waals surface area contributed by atoms with E-state index in [1.807, 2.05) is 30.5 Å². The lowest BCUT2D eigenvalue weighted by Crippen LogP contribution is -2.23. The summed E-state index contributed by atoms with van der Waals surface area (Å²) in [7, 11) is 1.68. The number of benzene rings is 1. The van der Waals surface area contributed by atoms with Crippen molar-refractivity contribution in [2.75, 3.05) is 7.11 Å². The van der Waals surface area contributed by atoms with Gasteiger partial charge < -0.3 is 9.47 Å². The largest absolute Gasteiger partial charge is 0.493 e. The maximum atomic E-state index is 5.91. The molecular weight excluding hydrogens is 236 g/mol. The SMILES string of the molecule is COc1ccccc1O/C=C1\C2CCC(C2)C1(C)C. The first-order chi connectivity index (χ1) is 9.13. The fourth-order valence-corrected chi connectivity index (χ4v) is 3.77. The second kappa shape index (κ2) is 4.59. The maximum absolute atomic E-state index is 5.91. The van der Waals surface area contributed by atoms with Crippen LogP contribution in [0.3, 0.4) is 0 Å². The molecule has 19 heavy (non-hydrogen) atoms. The molecule has 2 bridgehead atoms. The van der Waals surface area contributed by atoms with Crippen LogP contribution in [0.1, 0.15) is 33.1 Å². The smallest absolute Gasteiger partial charge is 0.168 e. The summed E-state index contributed by atoms with van der Waals surface area (Å²) >= 11 is 0. The van der Waals surface area contributed by atoms with Gasteiger partial charge in [-0.25, -0.2) is 0 Å². The normalized spacial score (nSPS) is 29.7. The molecule has 2 fully saturated rings. The fourth-order valence-electron chi connectivity index (χ4n) is 3.77. The number of fused-ring (bicyclic) bond motifs is 2. The zero-order valence-electron chi connectivity index (χ0n) is 12.0. The number of hydrogen-bond acceptors (Lipinski definition) is 2. The third-order valence-corrected chi connectivity index (χ3v) is 5.02. The first-order valence-corrected chi connectivity index (χ1v) is 7.13. The van der Waals surface area contributed by atoms with Crippen LogP contribution in [0.4, 0.5) is 0 Å². The molecular formula is C17H22O2. The molecule has 2 unspecified atom stereocenters. The van der Waals surface area contributed by atoms with E-state index in [-0.39, 0.29) is 0 Å². The van der Waals surface area contributed by atoms with Crippen molar-refractivity contribution in [3.63, 3.8) is 0 Å². The standard InChI is InChI=1S/C17H22O2/c1-17(2)13-9-8-12(10-13)14(17)11-19-16-7-5-4-6-15(16)18-3/h4-7,11-13H,8-10H2,1-3H3/b14-11+. The number of allylic oxidation sites excluding steroid dienone is 1. The summed E-state index contributed by atoms with van der Waals surface area (Å²) in [6.45, 7) is 4.71. The van der Waals surface area contributed by atoms with Gasteiger partial charge in [0.25, 0.3) is 0 Å². The Hall–Kier alpha value is -1.44. The Morgan fingerprint density at radius 1 is 1.16 bits per heavy atom. The second-order valence-corrected chi connectivity index (χ2v) is 6.27. The molecule has 2 nitrogen and oxygen atoms in total. The van der Waals surface area contributed by atoms with Crippen molar-refractivity contribution in [1.29, 1.82) is 0 Å². The Bertz CT molecular complexity index is 502. The summed E-state index contributed by atoms with van der Waals surface area (Å²) < 4.78 is 11.2. The van der Waals surface area contributed by atoms with Crippen LogP contribution in [-0.2, 0) is 0 Å². The first-order valence-electron chi connectivity index (χ1n) is 7.13. The number of rotatable bonds is 3. The summed E-state index contributed by atoms with van der Waals surface area (Å²) in [5.74, 6) is 3.16. The van der Waals surface area contributed by atoms with Crippen molar-refractivity contribution in [1.82, 2.24) is 0 Å². The van der Waals surface area contributed by atoms with Gasteiger partial charge in [0.15, 0.2) is 11.5 Å². The molecule has 0 spiro atoms. The van der Waals surface area contributed by atoms with Crippen LogP contribution in [0.25, 0.3) is 0 Å². The molecule has 2 heteroatoms. The van der Waals surface area contributed by atoms with Crippen LogP contribution in [0.15, 0.2) is 36.1 Å². The lowest BCUT2D eigenvalue weighted by atomic mass is 9.73. The molecule has 2 saturated carbocycles. The molecule has 1 aromatic carbocycles.